The number of imidazole rings is 1. The molecule has 0 aliphatic rings. The van der Waals surface area contributed by atoms with Crippen molar-refractivity contribution in [3.63, 3.8) is 0 Å². The molecule has 0 spiro atoms. The molecular weight excluding hydrogens is 364 g/mol. The van der Waals surface area contributed by atoms with Crippen LogP contribution in [0.2, 0.25) is 0 Å². The zero-order chi connectivity index (χ0) is 20.8. The minimum atomic E-state index is -0.0783. The molecule has 1 unspecified atom stereocenters. The number of carbonyl (C=O) groups excluding carboxylic acids is 1. The molecule has 2 aromatic heterocycles. The lowest BCUT2D eigenvalue weighted by Gasteiger charge is -2.19. The van der Waals surface area contributed by atoms with Gasteiger partial charge in [0.25, 0.3) is 0 Å². The van der Waals surface area contributed by atoms with Crippen LogP contribution in [-0.2, 0) is 9.53 Å². The van der Waals surface area contributed by atoms with Gasteiger partial charge in [-0.1, -0.05) is 18.2 Å². The maximum Gasteiger partial charge on any atom is 0.221 e. The van der Waals surface area contributed by atoms with Gasteiger partial charge in [-0.15, -0.1) is 0 Å². The standard InChI is InChI=1S/C23H30N4O2/c1-17-7-5-13-27-21(16-25-23(17)27)20(15-22(28)24-12-6-14-29-4)18-8-10-19(11-9-18)26(2)3/h5,7-11,13,16,20H,6,12,14-15H2,1-4H3,(H,24,28). The van der Waals surface area contributed by atoms with E-state index < -0.39 is 0 Å². The van der Waals surface area contributed by atoms with E-state index in [4.69, 9.17) is 4.74 Å². The summed E-state index contributed by atoms with van der Waals surface area (Å²) in [5.41, 5.74) is 5.30. The van der Waals surface area contributed by atoms with E-state index in [-0.39, 0.29) is 11.8 Å². The van der Waals surface area contributed by atoms with Crippen molar-refractivity contribution in [2.24, 2.45) is 0 Å². The quantitative estimate of drug-likeness (QED) is 0.565. The van der Waals surface area contributed by atoms with E-state index in [0.717, 1.165) is 34.6 Å². The normalized spacial score (nSPS) is 12.1. The molecule has 0 saturated carbocycles. The Morgan fingerprint density at radius 2 is 2.00 bits per heavy atom. The molecule has 0 radical (unpaired) electrons. The van der Waals surface area contributed by atoms with Crippen LogP contribution in [0.5, 0.6) is 0 Å². The Balaban J connectivity index is 1.90. The molecule has 6 nitrogen and oxygen atoms in total. The molecule has 0 aliphatic heterocycles. The minimum Gasteiger partial charge on any atom is -0.385 e. The zero-order valence-electron chi connectivity index (χ0n) is 17.7. The number of fused-ring (bicyclic) bond motifs is 1. The Morgan fingerprint density at radius 3 is 2.69 bits per heavy atom. The van der Waals surface area contributed by atoms with Crippen molar-refractivity contribution >= 4 is 17.2 Å². The molecule has 0 saturated heterocycles. The number of benzene rings is 1. The zero-order valence-corrected chi connectivity index (χ0v) is 17.7. The van der Waals surface area contributed by atoms with Crippen LogP contribution in [0.4, 0.5) is 5.69 Å². The Labute approximate surface area is 172 Å². The molecule has 6 heteroatoms. The van der Waals surface area contributed by atoms with E-state index in [1.807, 2.05) is 32.6 Å². The molecule has 1 amide bonds. The number of aromatic nitrogens is 2. The number of hydrogen-bond donors (Lipinski definition) is 1. The summed E-state index contributed by atoms with van der Waals surface area (Å²) in [7, 11) is 5.71. The van der Waals surface area contributed by atoms with Gasteiger partial charge in [0.1, 0.15) is 5.65 Å². The summed E-state index contributed by atoms with van der Waals surface area (Å²) in [6.07, 6.45) is 5.09. The van der Waals surface area contributed by atoms with Gasteiger partial charge in [0.15, 0.2) is 0 Å². The number of rotatable bonds is 9. The smallest absolute Gasteiger partial charge is 0.221 e. The highest BCUT2D eigenvalue weighted by atomic mass is 16.5. The van der Waals surface area contributed by atoms with E-state index in [0.29, 0.717) is 19.6 Å². The van der Waals surface area contributed by atoms with Gasteiger partial charge in [0.05, 0.1) is 5.69 Å². The molecule has 154 valence electrons. The van der Waals surface area contributed by atoms with E-state index in [1.165, 1.54) is 0 Å². The van der Waals surface area contributed by atoms with E-state index in [9.17, 15) is 4.79 Å². The summed E-state index contributed by atoms with van der Waals surface area (Å²) < 4.78 is 7.15. The number of carbonyl (C=O) groups is 1. The van der Waals surface area contributed by atoms with Gasteiger partial charge in [-0.3, -0.25) is 4.79 Å². The first-order chi connectivity index (χ1) is 14.0. The molecule has 2 heterocycles. The fourth-order valence-electron chi connectivity index (χ4n) is 3.53. The van der Waals surface area contributed by atoms with Crippen LogP contribution in [0, 0.1) is 6.92 Å². The lowest BCUT2D eigenvalue weighted by Crippen LogP contribution is -2.27. The van der Waals surface area contributed by atoms with Crippen molar-refractivity contribution in [2.45, 2.75) is 25.7 Å². The molecule has 3 aromatic rings. The SMILES string of the molecule is COCCCNC(=O)CC(c1ccc(N(C)C)cc1)c1cnc2c(C)cccn12. The molecular formula is C23H30N4O2. The van der Waals surface area contributed by atoms with Gasteiger partial charge < -0.3 is 19.4 Å². The molecule has 1 N–H and O–H groups in total. The van der Waals surface area contributed by atoms with Crippen LogP contribution >= 0.6 is 0 Å². The van der Waals surface area contributed by atoms with Crippen LogP contribution in [0.15, 0.2) is 48.8 Å². The third kappa shape index (κ3) is 4.95. The summed E-state index contributed by atoms with van der Waals surface area (Å²) in [4.78, 5) is 19.4. The number of nitrogens with zero attached hydrogens (tertiary/aromatic N) is 3. The number of anilines is 1. The summed E-state index contributed by atoms with van der Waals surface area (Å²) in [5.74, 6) is -0.0455. The second-order valence-electron chi connectivity index (χ2n) is 7.51. The average molecular weight is 395 g/mol. The Kier molecular flexibility index (Phi) is 6.88. The second-order valence-corrected chi connectivity index (χ2v) is 7.51. The number of nitrogens with one attached hydrogen (secondary N) is 1. The highest BCUT2D eigenvalue weighted by Gasteiger charge is 2.22. The molecule has 0 bridgehead atoms. The molecule has 29 heavy (non-hydrogen) atoms. The lowest BCUT2D eigenvalue weighted by atomic mass is 9.92. The Hall–Kier alpha value is -2.86. The minimum absolute atomic E-state index is 0.0328. The largest absolute Gasteiger partial charge is 0.385 e. The van der Waals surface area contributed by atoms with Crippen molar-refractivity contribution in [1.29, 1.82) is 0 Å². The first-order valence-corrected chi connectivity index (χ1v) is 9.96. The lowest BCUT2D eigenvalue weighted by molar-refractivity contribution is -0.121. The van der Waals surface area contributed by atoms with Crippen LogP contribution < -0.4 is 10.2 Å². The molecule has 0 aliphatic carbocycles. The maximum absolute atomic E-state index is 12.7. The first kappa shape index (κ1) is 20.9. The molecule has 0 fully saturated rings. The maximum atomic E-state index is 12.7. The number of methoxy groups -OCH3 is 1. The summed E-state index contributed by atoms with van der Waals surface area (Å²) >= 11 is 0. The predicted octanol–water partition coefficient (Wildman–Crippen LogP) is 3.38. The number of aryl methyl sites for hydroxylation is 1. The van der Waals surface area contributed by atoms with E-state index in [2.05, 4.69) is 56.9 Å². The van der Waals surface area contributed by atoms with Gasteiger partial charge in [-0.25, -0.2) is 4.98 Å². The van der Waals surface area contributed by atoms with Gasteiger partial charge in [0.2, 0.25) is 5.91 Å². The van der Waals surface area contributed by atoms with Crippen molar-refractivity contribution in [1.82, 2.24) is 14.7 Å². The predicted molar refractivity (Wildman–Crippen MR) is 117 cm³/mol. The Bertz CT molecular complexity index is 947. The number of pyridine rings is 1. The highest BCUT2D eigenvalue weighted by Crippen LogP contribution is 2.30. The Morgan fingerprint density at radius 1 is 1.24 bits per heavy atom. The fourth-order valence-corrected chi connectivity index (χ4v) is 3.53. The third-order valence-corrected chi connectivity index (χ3v) is 5.17. The van der Waals surface area contributed by atoms with Crippen LogP contribution in [0.25, 0.3) is 5.65 Å². The molecule has 1 aromatic carbocycles. The van der Waals surface area contributed by atoms with Crippen molar-refractivity contribution < 1.29 is 9.53 Å². The highest BCUT2D eigenvalue weighted by molar-refractivity contribution is 5.77. The van der Waals surface area contributed by atoms with Gasteiger partial charge in [0, 0.05) is 64.8 Å². The van der Waals surface area contributed by atoms with E-state index >= 15 is 0 Å². The van der Waals surface area contributed by atoms with Crippen LogP contribution in [-0.4, -0.2) is 49.6 Å². The van der Waals surface area contributed by atoms with Crippen LogP contribution in [0.1, 0.15) is 35.6 Å². The van der Waals surface area contributed by atoms with Crippen molar-refractivity contribution in [3.05, 3.63) is 65.6 Å². The number of amides is 1. The molecule has 1 atom stereocenters. The monoisotopic (exact) mass is 394 g/mol. The second kappa shape index (κ2) is 9.56. The average Bonchev–Trinajstić information content (AvgIpc) is 3.15. The fraction of sp³-hybridized carbons (Fsp3) is 0.391. The van der Waals surface area contributed by atoms with Crippen molar-refractivity contribution in [2.75, 3.05) is 39.3 Å². The summed E-state index contributed by atoms with van der Waals surface area (Å²) in [5, 5.41) is 3.01. The van der Waals surface area contributed by atoms with Gasteiger partial charge >= 0.3 is 0 Å². The first-order valence-electron chi connectivity index (χ1n) is 9.96. The van der Waals surface area contributed by atoms with Crippen LogP contribution in [0.3, 0.4) is 0 Å². The molecule has 3 rings (SSSR count). The van der Waals surface area contributed by atoms with Crippen molar-refractivity contribution in [3.8, 4) is 0 Å². The third-order valence-electron chi connectivity index (χ3n) is 5.17. The summed E-state index contributed by atoms with van der Waals surface area (Å²) in [6.45, 7) is 3.31. The van der Waals surface area contributed by atoms with Gasteiger partial charge in [-0.05, 0) is 42.7 Å². The summed E-state index contributed by atoms with van der Waals surface area (Å²) in [6, 6.07) is 12.5. The number of ether oxygens (including phenoxy) is 1. The topological polar surface area (TPSA) is 58.9 Å². The van der Waals surface area contributed by atoms with Gasteiger partial charge in [-0.2, -0.15) is 0 Å². The number of hydrogen-bond acceptors (Lipinski definition) is 4. The van der Waals surface area contributed by atoms with E-state index in [1.54, 1.807) is 7.11 Å².